The number of benzene rings is 1. The van der Waals surface area contributed by atoms with E-state index >= 15 is 0 Å². The van der Waals surface area contributed by atoms with Crippen LogP contribution in [0.5, 0.6) is 0 Å². The van der Waals surface area contributed by atoms with Gasteiger partial charge in [0.05, 0.1) is 5.54 Å². The van der Waals surface area contributed by atoms with Gasteiger partial charge in [0.15, 0.2) is 0 Å². The molecular weight excluding hydrogens is 356 g/mol. The van der Waals surface area contributed by atoms with Crippen molar-refractivity contribution in [1.29, 1.82) is 0 Å². The number of aryl methyl sites for hydroxylation is 2. The third kappa shape index (κ3) is 5.23. The zero-order valence-corrected chi connectivity index (χ0v) is 18.6. The second-order valence-electron chi connectivity index (χ2n) is 10.2. The van der Waals surface area contributed by atoms with Crippen LogP contribution in [0.1, 0.15) is 93.2 Å². The summed E-state index contributed by atoms with van der Waals surface area (Å²) in [7, 11) is 0. The summed E-state index contributed by atoms with van der Waals surface area (Å²) in [4.78, 5) is 12.9. The Balaban J connectivity index is 1.22. The lowest BCUT2D eigenvalue weighted by Crippen LogP contribution is -2.55. The van der Waals surface area contributed by atoms with Crippen LogP contribution in [-0.2, 0) is 4.79 Å². The van der Waals surface area contributed by atoms with Crippen molar-refractivity contribution >= 4 is 5.91 Å². The first-order chi connectivity index (χ1) is 14.1. The molecule has 0 heterocycles. The third-order valence-corrected chi connectivity index (χ3v) is 7.87. The Morgan fingerprint density at radius 1 is 1.00 bits per heavy atom. The molecule has 0 bridgehead atoms. The minimum absolute atomic E-state index is 0.273. The van der Waals surface area contributed by atoms with Gasteiger partial charge in [-0.1, -0.05) is 36.6 Å². The molecule has 0 spiro atoms. The molecule has 1 aromatic rings. The van der Waals surface area contributed by atoms with E-state index in [-0.39, 0.29) is 11.4 Å². The van der Waals surface area contributed by atoms with Crippen molar-refractivity contribution in [1.82, 2.24) is 10.6 Å². The van der Waals surface area contributed by atoms with Crippen molar-refractivity contribution in [3.8, 4) is 0 Å². The molecule has 0 saturated heterocycles. The summed E-state index contributed by atoms with van der Waals surface area (Å²) >= 11 is 0. The van der Waals surface area contributed by atoms with Crippen LogP contribution in [-0.4, -0.2) is 24.5 Å². The fourth-order valence-electron chi connectivity index (χ4n) is 5.75. The number of amides is 1. The van der Waals surface area contributed by atoms with Gasteiger partial charge in [0.25, 0.3) is 0 Å². The zero-order chi connectivity index (χ0) is 20.3. The number of rotatable bonds is 8. The van der Waals surface area contributed by atoms with Gasteiger partial charge in [-0.25, -0.2) is 0 Å². The van der Waals surface area contributed by atoms with Crippen LogP contribution >= 0.6 is 0 Å². The smallest absolute Gasteiger partial charge is 0.240 e. The Hall–Kier alpha value is -1.35. The summed E-state index contributed by atoms with van der Waals surface area (Å²) in [6.07, 6.45) is 13.5. The molecule has 160 valence electrons. The number of hydrogen-bond donors (Lipinski definition) is 2. The maximum absolute atomic E-state index is 12.9. The van der Waals surface area contributed by atoms with E-state index in [0.717, 1.165) is 43.7 Å². The number of carbonyl (C=O) groups is 1. The van der Waals surface area contributed by atoms with Gasteiger partial charge >= 0.3 is 0 Å². The number of carbonyl (C=O) groups excluding carboxylic acids is 1. The van der Waals surface area contributed by atoms with E-state index in [0.29, 0.717) is 0 Å². The molecule has 1 aromatic carbocycles. The molecule has 3 nitrogen and oxygen atoms in total. The first kappa shape index (κ1) is 20.9. The molecule has 0 atom stereocenters. The Labute approximate surface area is 177 Å². The molecule has 3 heteroatoms. The third-order valence-electron chi connectivity index (χ3n) is 7.87. The second-order valence-corrected chi connectivity index (χ2v) is 10.2. The van der Waals surface area contributed by atoms with Crippen molar-refractivity contribution in [3.05, 3.63) is 34.9 Å². The molecule has 4 rings (SSSR count). The first-order valence-corrected chi connectivity index (χ1v) is 12.2. The summed E-state index contributed by atoms with van der Waals surface area (Å²) < 4.78 is 0. The standard InChI is InChI=1S/C26H40N2O/c1-19-5-12-24(20(2)17-19)23-10-8-21(9-11-23)13-16-28-26(14-3-4-15-26)25(29)27-18-22-6-7-22/h5,12,17,21-23,28H,3-4,6-11,13-16,18H2,1-2H3,(H,27,29). The highest BCUT2D eigenvalue weighted by Gasteiger charge is 2.41. The average molecular weight is 397 g/mol. The van der Waals surface area contributed by atoms with Crippen LogP contribution in [0.2, 0.25) is 0 Å². The van der Waals surface area contributed by atoms with Crippen LogP contribution < -0.4 is 10.6 Å². The monoisotopic (exact) mass is 396 g/mol. The van der Waals surface area contributed by atoms with Crippen molar-refractivity contribution in [2.75, 3.05) is 13.1 Å². The van der Waals surface area contributed by atoms with E-state index in [2.05, 4.69) is 42.7 Å². The summed E-state index contributed by atoms with van der Waals surface area (Å²) in [5, 5.41) is 6.98. The number of hydrogen-bond acceptors (Lipinski definition) is 2. The van der Waals surface area contributed by atoms with Crippen molar-refractivity contribution < 1.29 is 4.79 Å². The molecule has 0 radical (unpaired) electrons. The summed E-state index contributed by atoms with van der Waals surface area (Å²) in [6.45, 7) is 6.35. The fraction of sp³-hybridized carbons (Fsp3) is 0.731. The molecule has 3 saturated carbocycles. The van der Waals surface area contributed by atoms with E-state index in [1.165, 1.54) is 68.9 Å². The number of nitrogens with one attached hydrogen (secondary N) is 2. The SMILES string of the molecule is Cc1ccc(C2CCC(CCNC3(C(=O)NCC4CC4)CCCC3)CC2)c(C)c1. The molecule has 1 amide bonds. The highest BCUT2D eigenvalue weighted by atomic mass is 16.2. The Kier molecular flexibility index (Phi) is 6.63. The molecule has 0 aliphatic heterocycles. The zero-order valence-electron chi connectivity index (χ0n) is 18.6. The maximum atomic E-state index is 12.9. The topological polar surface area (TPSA) is 41.1 Å². The molecule has 0 unspecified atom stereocenters. The molecule has 2 N–H and O–H groups in total. The quantitative estimate of drug-likeness (QED) is 0.618. The van der Waals surface area contributed by atoms with E-state index in [9.17, 15) is 4.79 Å². The van der Waals surface area contributed by atoms with Crippen LogP contribution in [0.3, 0.4) is 0 Å². The van der Waals surface area contributed by atoms with E-state index in [4.69, 9.17) is 0 Å². The first-order valence-electron chi connectivity index (χ1n) is 12.2. The Morgan fingerprint density at radius 2 is 1.69 bits per heavy atom. The van der Waals surface area contributed by atoms with Gasteiger partial charge in [0, 0.05) is 6.54 Å². The lowest BCUT2D eigenvalue weighted by molar-refractivity contribution is -0.127. The Morgan fingerprint density at radius 3 is 2.34 bits per heavy atom. The van der Waals surface area contributed by atoms with E-state index in [1.807, 2.05) is 0 Å². The Bertz CT molecular complexity index is 695. The second kappa shape index (κ2) is 9.20. The highest BCUT2D eigenvalue weighted by Crippen LogP contribution is 2.38. The average Bonchev–Trinajstić information content (AvgIpc) is 3.43. The van der Waals surface area contributed by atoms with Crippen LogP contribution in [0, 0.1) is 25.7 Å². The highest BCUT2D eigenvalue weighted by molar-refractivity contribution is 5.86. The van der Waals surface area contributed by atoms with Gasteiger partial charge < -0.3 is 10.6 Å². The van der Waals surface area contributed by atoms with E-state index < -0.39 is 0 Å². The van der Waals surface area contributed by atoms with Crippen molar-refractivity contribution in [3.63, 3.8) is 0 Å². The van der Waals surface area contributed by atoms with Crippen LogP contribution in [0.15, 0.2) is 18.2 Å². The fourth-order valence-corrected chi connectivity index (χ4v) is 5.75. The predicted octanol–water partition coefficient (Wildman–Crippen LogP) is 5.40. The molecule has 3 fully saturated rings. The molecule has 3 aliphatic rings. The normalized spacial score (nSPS) is 26.4. The van der Waals surface area contributed by atoms with Gasteiger partial charge in [-0.3, -0.25) is 4.79 Å². The lowest BCUT2D eigenvalue weighted by atomic mass is 9.76. The van der Waals surface area contributed by atoms with Crippen molar-refractivity contribution in [2.45, 2.75) is 95.9 Å². The predicted molar refractivity (Wildman–Crippen MR) is 120 cm³/mol. The summed E-state index contributed by atoms with van der Waals surface area (Å²) in [6, 6.07) is 6.97. The maximum Gasteiger partial charge on any atom is 0.240 e. The van der Waals surface area contributed by atoms with Gasteiger partial charge in [-0.2, -0.15) is 0 Å². The van der Waals surface area contributed by atoms with Crippen molar-refractivity contribution in [2.24, 2.45) is 11.8 Å². The molecule has 29 heavy (non-hydrogen) atoms. The summed E-state index contributed by atoms with van der Waals surface area (Å²) in [5.41, 5.74) is 4.14. The minimum atomic E-state index is -0.273. The molecule has 3 aliphatic carbocycles. The van der Waals surface area contributed by atoms with Crippen LogP contribution in [0.4, 0.5) is 0 Å². The largest absolute Gasteiger partial charge is 0.354 e. The van der Waals surface area contributed by atoms with Gasteiger partial charge in [-0.15, -0.1) is 0 Å². The van der Waals surface area contributed by atoms with Crippen LogP contribution in [0.25, 0.3) is 0 Å². The van der Waals surface area contributed by atoms with Gasteiger partial charge in [0.1, 0.15) is 0 Å². The minimum Gasteiger partial charge on any atom is -0.354 e. The summed E-state index contributed by atoms with van der Waals surface area (Å²) in [5.74, 6) is 2.59. The van der Waals surface area contributed by atoms with Gasteiger partial charge in [0.2, 0.25) is 5.91 Å². The molecule has 0 aromatic heterocycles. The molecular formula is C26H40N2O. The van der Waals surface area contributed by atoms with Gasteiger partial charge in [-0.05, 0) is 107 Å². The van der Waals surface area contributed by atoms with E-state index in [1.54, 1.807) is 5.56 Å². The lowest BCUT2D eigenvalue weighted by Gasteiger charge is -2.32.